The van der Waals surface area contributed by atoms with Crippen LogP contribution in [0.4, 0.5) is 10.1 Å². The summed E-state index contributed by atoms with van der Waals surface area (Å²) in [4.78, 5) is 12.6. The van der Waals surface area contributed by atoms with Gasteiger partial charge in [-0.05, 0) is 62.6 Å². The summed E-state index contributed by atoms with van der Waals surface area (Å²) in [5, 5.41) is 3.53. The molecule has 1 aromatic heterocycles. The van der Waals surface area contributed by atoms with Crippen LogP contribution >= 0.6 is 0 Å². The summed E-state index contributed by atoms with van der Waals surface area (Å²) in [5.41, 5.74) is 6.75. The lowest BCUT2D eigenvalue weighted by Gasteiger charge is -2.12. The first kappa shape index (κ1) is 22.3. The van der Waals surface area contributed by atoms with Crippen LogP contribution in [-0.2, 0) is 4.79 Å². The molecule has 0 aliphatic carbocycles. The Kier molecular flexibility index (Phi) is 6.31. The van der Waals surface area contributed by atoms with Gasteiger partial charge in [0.15, 0.2) is 0 Å². The van der Waals surface area contributed by atoms with Gasteiger partial charge in [0.2, 0.25) is 5.91 Å². The van der Waals surface area contributed by atoms with Crippen LogP contribution in [0, 0.1) is 19.7 Å². The number of furan rings is 1. The molecule has 33 heavy (non-hydrogen) atoms. The Balaban J connectivity index is 1.76. The molecule has 4 rings (SSSR count). The molecule has 4 nitrogen and oxygen atoms in total. The minimum Gasteiger partial charge on any atom is -0.493 e. The number of carbonyl (C=O) groups is 1. The van der Waals surface area contributed by atoms with E-state index in [4.69, 9.17) is 9.15 Å². The number of para-hydroxylation sites is 1. The van der Waals surface area contributed by atoms with Gasteiger partial charge in [-0.25, -0.2) is 4.39 Å². The van der Waals surface area contributed by atoms with E-state index in [-0.39, 0.29) is 5.69 Å². The van der Waals surface area contributed by atoms with Gasteiger partial charge in [0.1, 0.15) is 17.1 Å². The van der Waals surface area contributed by atoms with Gasteiger partial charge < -0.3 is 14.5 Å². The number of carbonyl (C=O) groups excluding carboxylic acids is 1. The fourth-order valence-corrected chi connectivity index (χ4v) is 3.97. The Bertz CT molecular complexity index is 1370. The van der Waals surface area contributed by atoms with Crippen molar-refractivity contribution in [1.29, 1.82) is 0 Å². The fourth-order valence-electron chi connectivity index (χ4n) is 3.97. The Labute approximate surface area is 192 Å². The lowest BCUT2D eigenvalue weighted by atomic mass is 9.96. The number of aryl methyl sites for hydroxylation is 2. The lowest BCUT2D eigenvalue weighted by molar-refractivity contribution is -0.111. The van der Waals surface area contributed by atoms with E-state index in [0.717, 1.165) is 27.6 Å². The summed E-state index contributed by atoms with van der Waals surface area (Å²) in [6, 6.07) is 16.2. The predicted molar refractivity (Wildman–Crippen MR) is 131 cm³/mol. The SMILES string of the molecule is CCOc1cc2occ(-c3ccc(C)cc3C)c2cc1/C(C)=C/C(=O)Nc1ccccc1F. The summed E-state index contributed by atoms with van der Waals surface area (Å²) in [7, 11) is 0. The van der Waals surface area contributed by atoms with Crippen molar-refractivity contribution in [3.05, 3.63) is 89.4 Å². The molecule has 5 heteroatoms. The summed E-state index contributed by atoms with van der Waals surface area (Å²) in [6.45, 7) is 8.35. The van der Waals surface area contributed by atoms with Crippen molar-refractivity contribution < 1.29 is 18.3 Å². The highest BCUT2D eigenvalue weighted by molar-refractivity contribution is 6.05. The third-order valence-corrected chi connectivity index (χ3v) is 5.55. The van der Waals surface area contributed by atoms with Crippen molar-refractivity contribution in [2.75, 3.05) is 11.9 Å². The number of anilines is 1. The van der Waals surface area contributed by atoms with Gasteiger partial charge in [0, 0.05) is 28.7 Å². The molecule has 0 bridgehead atoms. The molecule has 168 valence electrons. The van der Waals surface area contributed by atoms with Crippen molar-refractivity contribution in [3.63, 3.8) is 0 Å². The standard InChI is InChI=1S/C28H26FNO3/c1-5-32-26-15-27-22(23(16-33-27)20-11-10-17(2)12-18(20)3)14-21(26)19(4)13-28(31)30-25-9-7-6-8-24(25)29/h6-16H,5H2,1-4H3,(H,30,31)/b19-13+. The molecule has 3 aromatic carbocycles. The zero-order chi connectivity index (χ0) is 23.5. The molecule has 0 aliphatic heterocycles. The number of fused-ring (bicyclic) bond motifs is 1. The molecule has 1 heterocycles. The molecule has 0 atom stereocenters. The predicted octanol–water partition coefficient (Wildman–Crippen LogP) is 7.30. The molecular weight excluding hydrogens is 417 g/mol. The Morgan fingerprint density at radius 2 is 1.88 bits per heavy atom. The molecule has 0 unspecified atom stereocenters. The highest BCUT2D eigenvalue weighted by Gasteiger charge is 2.16. The molecule has 1 N–H and O–H groups in total. The second-order valence-electron chi connectivity index (χ2n) is 8.04. The summed E-state index contributed by atoms with van der Waals surface area (Å²) >= 11 is 0. The van der Waals surface area contributed by atoms with Gasteiger partial charge in [0.25, 0.3) is 0 Å². The normalized spacial score (nSPS) is 11.6. The third kappa shape index (κ3) is 4.67. The number of rotatable bonds is 6. The van der Waals surface area contributed by atoms with Crippen LogP contribution in [0.2, 0.25) is 0 Å². The minimum atomic E-state index is -0.482. The molecule has 0 fully saturated rings. The van der Waals surface area contributed by atoms with E-state index >= 15 is 0 Å². The van der Waals surface area contributed by atoms with Crippen molar-refractivity contribution in [1.82, 2.24) is 0 Å². The van der Waals surface area contributed by atoms with Crippen LogP contribution < -0.4 is 10.1 Å². The molecule has 4 aromatic rings. The second-order valence-corrected chi connectivity index (χ2v) is 8.04. The van der Waals surface area contributed by atoms with E-state index in [1.807, 2.05) is 26.0 Å². The van der Waals surface area contributed by atoms with Gasteiger partial charge in [-0.1, -0.05) is 35.9 Å². The number of allylic oxidation sites excluding steroid dienone is 1. The van der Waals surface area contributed by atoms with E-state index < -0.39 is 11.7 Å². The zero-order valence-electron chi connectivity index (χ0n) is 19.2. The van der Waals surface area contributed by atoms with Gasteiger partial charge in [-0.2, -0.15) is 0 Å². The maximum atomic E-state index is 13.9. The first-order valence-corrected chi connectivity index (χ1v) is 10.9. The average molecular weight is 444 g/mol. The monoisotopic (exact) mass is 443 g/mol. The van der Waals surface area contributed by atoms with E-state index in [1.165, 1.54) is 23.8 Å². The van der Waals surface area contributed by atoms with Gasteiger partial charge in [-0.3, -0.25) is 4.79 Å². The molecule has 0 saturated carbocycles. The van der Waals surface area contributed by atoms with E-state index in [9.17, 15) is 9.18 Å². The van der Waals surface area contributed by atoms with Crippen molar-refractivity contribution in [2.45, 2.75) is 27.7 Å². The highest BCUT2D eigenvalue weighted by Crippen LogP contribution is 2.38. The molecule has 0 saturated heterocycles. The Morgan fingerprint density at radius 1 is 1.09 bits per heavy atom. The molecule has 1 amide bonds. The van der Waals surface area contributed by atoms with Crippen LogP contribution in [0.3, 0.4) is 0 Å². The van der Waals surface area contributed by atoms with Crippen molar-refractivity contribution in [3.8, 4) is 16.9 Å². The minimum absolute atomic E-state index is 0.138. The summed E-state index contributed by atoms with van der Waals surface area (Å²) < 4.78 is 25.6. The van der Waals surface area contributed by atoms with Crippen molar-refractivity contribution >= 4 is 28.1 Å². The quantitative estimate of drug-likeness (QED) is 0.318. The van der Waals surface area contributed by atoms with Crippen LogP contribution in [-0.4, -0.2) is 12.5 Å². The Hall–Kier alpha value is -3.86. The maximum absolute atomic E-state index is 13.9. The summed E-state index contributed by atoms with van der Waals surface area (Å²) in [6.07, 6.45) is 3.21. The van der Waals surface area contributed by atoms with Gasteiger partial charge >= 0.3 is 0 Å². The van der Waals surface area contributed by atoms with Gasteiger partial charge in [0.05, 0.1) is 18.6 Å². The van der Waals surface area contributed by atoms with Gasteiger partial charge in [-0.15, -0.1) is 0 Å². The second kappa shape index (κ2) is 9.33. The topological polar surface area (TPSA) is 51.5 Å². The summed E-state index contributed by atoms with van der Waals surface area (Å²) in [5.74, 6) is -0.272. The van der Waals surface area contributed by atoms with Crippen LogP contribution in [0.15, 0.2) is 71.4 Å². The molecule has 0 aliphatic rings. The van der Waals surface area contributed by atoms with E-state index in [1.54, 1.807) is 18.4 Å². The molecular formula is C28H26FNO3. The number of hydrogen-bond acceptors (Lipinski definition) is 3. The Morgan fingerprint density at radius 3 is 2.61 bits per heavy atom. The van der Waals surface area contributed by atoms with E-state index in [2.05, 4.69) is 37.4 Å². The third-order valence-electron chi connectivity index (χ3n) is 5.55. The largest absolute Gasteiger partial charge is 0.493 e. The zero-order valence-corrected chi connectivity index (χ0v) is 19.2. The van der Waals surface area contributed by atoms with E-state index in [0.29, 0.717) is 23.5 Å². The first-order chi connectivity index (χ1) is 15.9. The number of nitrogens with one attached hydrogen (secondary N) is 1. The highest BCUT2D eigenvalue weighted by atomic mass is 19.1. The maximum Gasteiger partial charge on any atom is 0.248 e. The first-order valence-electron chi connectivity index (χ1n) is 10.9. The van der Waals surface area contributed by atoms with Crippen LogP contribution in [0.25, 0.3) is 27.7 Å². The van der Waals surface area contributed by atoms with Crippen LogP contribution in [0.1, 0.15) is 30.5 Å². The number of amides is 1. The smallest absolute Gasteiger partial charge is 0.248 e. The average Bonchev–Trinajstić information content (AvgIpc) is 3.17. The number of halogens is 1. The number of ether oxygens (including phenoxy) is 1. The van der Waals surface area contributed by atoms with Crippen LogP contribution in [0.5, 0.6) is 5.75 Å². The lowest BCUT2D eigenvalue weighted by Crippen LogP contribution is -2.10. The fraction of sp³-hybridized carbons (Fsp3) is 0.179. The van der Waals surface area contributed by atoms with Crippen molar-refractivity contribution in [2.24, 2.45) is 0 Å². The molecule has 0 spiro atoms. The number of hydrogen-bond donors (Lipinski definition) is 1. The molecule has 0 radical (unpaired) electrons. The number of benzene rings is 3.